The third-order valence-electron chi connectivity index (χ3n) is 0. The Morgan fingerprint density at radius 2 is 1.12 bits per heavy atom. The zero-order valence-corrected chi connectivity index (χ0v) is 6.05. The molecule has 8 heavy (non-hydrogen) atoms. The van der Waals surface area contributed by atoms with Crippen molar-refractivity contribution in [1.82, 2.24) is 0 Å². The van der Waals surface area contributed by atoms with Gasteiger partial charge in [-0.15, -0.1) is 24.8 Å². The van der Waals surface area contributed by atoms with Crippen molar-refractivity contribution in [3.05, 3.63) is 0 Å². The molecule has 58 valence electrons. The molecule has 0 spiro atoms. The fraction of sp³-hybridized carbons (Fsp3) is 1.00. The molecule has 0 fully saturated rings. The number of rotatable bonds is 0. The van der Waals surface area contributed by atoms with Gasteiger partial charge in [-0.25, -0.2) is 0 Å². The van der Waals surface area contributed by atoms with Gasteiger partial charge >= 0.3 is 0 Å². The lowest BCUT2D eigenvalue weighted by Crippen LogP contribution is -1.57. The molecule has 0 radical (unpaired) electrons. The summed E-state index contributed by atoms with van der Waals surface area (Å²) in [5, 5.41) is 14.6. The van der Waals surface area contributed by atoms with Gasteiger partial charge in [0.05, 0.1) is 0 Å². The summed E-state index contributed by atoms with van der Waals surface area (Å²) in [5.41, 5.74) is 0. The topological polar surface area (TPSA) is 40.5 Å². The van der Waals surface area contributed by atoms with Crippen LogP contribution in [0.3, 0.4) is 0 Å². The average molecular weight is 167 g/mol. The number of hydrogen-bond donors (Lipinski definition) is 2. The van der Waals surface area contributed by atoms with Crippen molar-refractivity contribution in [3.63, 3.8) is 0 Å². The quantitative estimate of drug-likeness (QED) is 0.566. The highest BCUT2D eigenvalue weighted by Gasteiger charge is 1.34. The van der Waals surface area contributed by atoms with E-state index in [1.165, 1.54) is 0 Å². The second-order valence-electron chi connectivity index (χ2n) is 0.316. The molecule has 4 heteroatoms. The predicted molar refractivity (Wildman–Crippen MR) is 42.1 cm³/mol. The van der Waals surface area contributed by atoms with Crippen molar-refractivity contribution < 1.29 is 10.2 Å². The van der Waals surface area contributed by atoms with Crippen LogP contribution >= 0.6 is 24.8 Å². The maximum absolute atomic E-state index is 7.57. The van der Waals surface area contributed by atoms with E-state index in [-0.39, 0.29) is 38.8 Å². The first-order valence-corrected chi connectivity index (χ1v) is 1.47. The third kappa shape index (κ3) is 787. The van der Waals surface area contributed by atoms with Crippen molar-refractivity contribution in [2.45, 2.75) is 14.4 Å². The lowest BCUT2D eigenvalue weighted by molar-refractivity contribution is 0.318. The van der Waals surface area contributed by atoms with E-state index in [0.717, 1.165) is 7.11 Å². The fourth-order valence-corrected chi connectivity index (χ4v) is 0. The molecule has 0 amide bonds. The molecule has 0 rings (SSSR count). The zero-order valence-electron chi connectivity index (χ0n) is 4.42. The minimum atomic E-state index is 0. The number of halogens is 2. The maximum Gasteiger partial charge on any atom is 0.0402 e. The second-order valence-corrected chi connectivity index (χ2v) is 0.316. The molecule has 0 aromatic carbocycles. The van der Waals surface area contributed by atoms with Gasteiger partial charge in [0, 0.05) is 13.7 Å². The maximum atomic E-state index is 7.57. The number of aliphatic hydroxyl groups is 2. The summed E-state index contributed by atoms with van der Waals surface area (Å²) in [6.45, 7) is 1.93. The smallest absolute Gasteiger partial charge is 0.0402 e. The first kappa shape index (κ1) is 39.0. The molecular weight excluding hydrogens is 151 g/mol. The summed E-state index contributed by atoms with van der Waals surface area (Å²) in [6.07, 6.45) is 0. The molecule has 0 unspecified atom stereocenters. The molecule has 0 saturated carbocycles. The molecule has 0 aromatic rings. The molecule has 0 bridgehead atoms. The van der Waals surface area contributed by atoms with Crippen LogP contribution in [0, 0.1) is 0 Å². The van der Waals surface area contributed by atoms with Crippen LogP contribution in [0.4, 0.5) is 0 Å². The first-order chi connectivity index (χ1) is 2.41. The minimum absolute atomic E-state index is 0. The second kappa shape index (κ2) is 141. The monoisotopic (exact) mass is 166 g/mol. The SMILES string of the molecule is C.CCO.CO.Cl.Cl. The standard InChI is InChI=1S/C2H6O.CH4O.CH4.2ClH/c1-2-3;1-2;;;/h3H,2H2,1H3;2H,1H3;1H4;2*1H. The summed E-state index contributed by atoms with van der Waals surface area (Å²) < 4.78 is 0. The molecule has 2 nitrogen and oxygen atoms in total. The van der Waals surface area contributed by atoms with Gasteiger partial charge in [-0.05, 0) is 6.92 Å². The van der Waals surface area contributed by atoms with E-state index in [2.05, 4.69) is 0 Å². The Labute approximate surface area is 63.7 Å². The summed E-state index contributed by atoms with van der Waals surface area (Å²) >= 11 is 0. The Hall–Kier alpha value is 0.500. The molecule has 0 aliphatic rings. The molecule has 0 aromatic heterocycles. The highest BCUT2D eigenvalue weighted by Crippen LogP contribution is 1.30. The van der Waals surface area contributed by atoms with Gasteiger partial charge in [-0.1, -0.05) is 7.43 Å². The Kier molecular flexibility index (Phi) is 687. The average Bonchev–Trinajstić information content (AvgIpc) is 1.46. The van der Waals surface area contributed by atoms with Crippen molar-refractivity contribution in [2.75, 3.05) is 13.7 Å². The lowest BCUT2D eigenvalue weighted by atomic mass is 10.9. The van der Waals surface area contributed by atoms with Crippen molar-refractivity contribution in [3.8, 4) is 0 Å². The Morgan fingerprint density at radius 3 is 1.12 bits per heavy atom. The van der Waals surface area contributed by atoms with Gasteiger partial charge in [-0.2, -0.15) is 0 Å². The van der Waals surface area contributed by atoms with Gasteiger partial charge < -0.3 is 10.2 Å². The molecule has 0 atom stereocenters. The normalized spacial score (nSPS) is 3.00. The van der Waals surface area contributed by atoms with Crippen molar-refractivity contribution in [1.29, 1.82) is 0 Å². The summed E-state index contributed by atoms with van der Waals surface area (Å²) in [6, 6.07) is 0. The Balaban J connectivity index is -0.00000000567. The molecule has 0 aliphatic carbocycles. The van der Waals surface area contributed by atoms with Crippen LogP contribution in [-0.2, 0) is 0 Å². The Morgan fingerprint density at radius 1 is 1.12 bits per heavy atom. The van der Waals surface area contributed by atoms with E-state index >= 15 is 0 Å². The molecular formula is C4H16Cl2O2. The highest BCUT2D eigenvalue weighted by molar-refractivity contribution is 5.85. The molecule has 0 heterocycles. The predicted octanol–water partition coefficient (Wildman–Crippen LogP) is 1.09. The third-order valence-corrected chi connectivity index (χ3v) is 0. The van der Waals surface area contributed by atoms with Crippen LogP contribution < -0.4 is 0 Å². The fourth-order valence-electron chi connectivity index (χ4n) is 0. The summed E-state index contributed by atoms with van der Waals surface area (Å²) in [7, 11) is 1.00. The van der Waals surface area contributed by atoms with E-state index in [1.807, 2.05) is 0 Å². The van der Waals surface area contributed by atoms with E-state index in [4.69, 9.17) is 10.2 Å². The van der Waals surface area contributed by atoms with Gasteiger partial charge in [-0.3, -0.25) is 0 Å². The Bertz CT molecular complexity index is 12.0. The first-order valence-electron chi connectivity index (χ1n) is 1.47. The van der Waals surface area contributed by atoms with Crippen LogP contribution in [0.5, 0.6) is 0 Å². The zero-order chi connectivity index (χ0) is 4.71. The highest BCUT2D eigenvalue weighted by atomic mass is 35.5. The van der Waals surface area contributed by atoms with Crippen LogP contribution in [0.2, 0.25) is 0 Å². The van der Waals surface area contributed by atoms with Crippen LogP contribution in [0.15, 0.2) is 0 Å². The summed E-state index contributed by atoms with van der Waals surface area (Å²) in [5.74, 6) is 0. The van der Waals surface area contributed by atoms with Crippen molar-refractivity contribution in [2.24, 2.45) is 0 Å². The largest absolute Gasteiger partial charge is 0.400 e. The van der Waals surface area contributed by atoms with Crippen LogP contribution in [-0.4, -0.2) is 23.9 Å². The minimum Gasteiger partial charge on any atom is -0.400 e. The van der Waals surface area contributed by atoms with E-state index < -0.39 is 0 Å². The van der Waals surface area contributed by atoms with Gasteiger partial charge in [0.25, 0.3) is 0 Å². The molecule has 0 aliphatic heterocycles. The van der Waals surface area contributed by atoms with Gasteiger partial charge in [0.1, 0.15) is 0 Å². The number of aliphatic hydroxyl groups excluding tert-OH is 2. The van der Waals surface area contributed by atoms with E-state index in [9.17, 15) is 0 Å². The van der Waals surface area contributed by atoms with Crippen LogP contribution in [0.25, 0.3) is 0 Å². The molecule has 2 N–H and O–H groups in total. The summed E-state index contributed by atoms with van der Waals surface area (Å²) in [4.78, 5) is 0. The lowest BCUT2D eigenvalue weighted by Gasteiger charge is -1.52. The molecule has 0 saturated heterocycles. The van der Waals surface area contributed by atoms with E-state index in [1.54, 1.807) is 6.92 Å². The van der Waals surface area contributed by atoms with Crippen molar-refractivity contribution >= 4 is 24.8 Å². The van der Waals surface area contributed by atoms with E-state index in [0.29, 0.717) is 0 Å². The van der Waals surface area contributed by atoms with Crippen LogP contribution in [0.1, 0.15) is 14.4 Å². The van der Waals surface area contributed by atoms with Gasteiger partial charge in [0.2, 0.25) is 0 Å². The van der Waals surface area contributed by atoms with Gasteiger partial charge in [0.15, 0.2) is 0 Å². The number of hydrogen-bond acceptors (Lipinski definition) is 2.